The molecule has 2 spiro atoms. The number of nitrogens with one attached hydrogen (secondary N) is 1. The number of anilines is 1. The van der Waals surface area contributed by atoms with E-state index < -0.39 is 11.4 Å². The maximum Gasteiger partial charge on any atom is 0.282 e. The molecule has 1 aromatic carbocycles. The van der Waals surface area contributed by atoms with E-state index in [1.54, 1.807) is 18.7 Å². The average Bonchev–Trinajstić information content (AvgIpc) is 3.34. The Bertz CT molecular complexity index is 1480. The number of hydrogen-bond acceptors (Lipinski definition) is 9. The Balaban J connectivity index is 1.03. The molecule has 1 saturated carbocycles. The highest BCUT2D eigenvalue weighted by atomic mass is 19.1. The Morgan fingerprint density at radius 2 is 1.79 bits per heavy atom. The molecule has 1 unspecified atom stereocenters. The largest absolute Gasteiger partial charge is 0.434 e. The summed E-state index contributed by atoms with van der Waals surface area (Å²) in [5.41, 5.74) is -0.782. The minimum Gasteiger partial charge on any atom is -0.434 e. The van der Waals surface area contributed by atoms with Gasteiger partial charge in [-0.1, -0.05) is 0 Å². The minimum absolute atomic E-state index is 0.00294. The number of carbonyl (C=O) groups is 2. The molecule has 2 N–H and O–H groups in total. The summed E-state index contributed by atoms with van der Waals surface area (Å²) in [6.45, 7) is 16.1. The zero-order chi connectivity index (χ0) is 34.4. The van der Waals surface area contributed by atoms with E-state index in [1.165, 1.54) is 24.5 Å². The summed E-state index contributed by atoms with van der Waals surface area (Å²) in [5.74, 6) is 0.487. The SMILES string of the molecule is CC(C)N(C(=O)c1cc(F)ccc1Oc1nncnc1N1CC2(CCN(CC3CCC4(CC3)CC(C(C)(C)O)C(=O)N4)CC2)C1)C(C)C. The highest BCUT2D eigenvalue weighted by molar-refractivity contribution is 5.97. The van der Waals surface area contributed by atoms with Crippen molar-refractivity contribution in [1.82, 2.24) is 30.3 Å². The maximum atomic E-state index is 14.4. The number of nitrogens with zero attached hydrogens (tertiary/aromatic N) is 6. The second kappa shape index (κ2) is 13.2. The lowest BCUT2D eigenvalue weighted by Crippen LogP contribution is -2.61. The molecule has 4 aliphatic rings. The number of aliphatic hydroxyl groups is 1. The van der Waals surface area contributed by atoms with E-state index in [1.807, 2.05) is 27.7 Å². The summed E-state index contributed by atoms with van der Waals surface area (Å²) >= 11 is 0. The fraction of sp³-hybridized carbons (Fsp3) is 0.694. The second-order valence-corrected chi connectivity index (χ2v) is 16.0. The second-order valence-electron chi connectivity index (χ2n) is 16.0. The van der Waals surface area contributed by atoms with Gasteiger partial charge in [0.05, 0.1) is 17.1 Å². The lowest BCUT2D eigenvalue weighted by atomic mass is 9.71. The van der Waals surface area contributed by atoms with Crippen molar-refractivity contribution in [2.45, 2.75) is 110 Å². The van der Waals surface area contributed by atoms with Crippen LogP contribution in [0.15, 0.2) is 24.5 Å². The van der Waals surface area contributed by atoms with Gasteiger partial charge in [0, 0.05) is 42.7 Å². The lowest BCUT2D eigenvalue weighted by Gasteiger charge is -2.54. The van der Waals surface area contributed by atoms with Crippen LogP contribution in [0, 0.1) is 23.1 Å². The molecule has 6 rings (SSSR count). The van der Waals surface area contributed by atoms with Crippen molar-refractivity contribution in [2.24, 2.45) is 17.3 Å². The third kappa shape index (κ3) is 7.01. The molecule has 12 heteroatoms. The molecule has 0 bridgehead atoms. The number of rotatable bonds is 9. The summed E-state index contributed by atoms with van der Waals surface area (Å²) in [6, 6.07) is 3.82. The molecule has 3 aliphatic heterocycles. The van der Waals surface area contributed by atoms with Crippen LogP contribution in [0.5, 0.6) is 11.6 Å². The van der Waals surface area contributed by atoms with Crippen LogP contribution in [0.3, 0.4) is 0 Å². The highest BCUT2D eigenvalue weighted by Crippen LogP contribution is 2.46. The molecule has 1 aromatic heterocycles. The number of ether oxygens (including phenoxy) is 1. The smallest absolute Gasteiger partial charge is 0.282 e. The van der Waals surface area contributed by atoms with Gasteiger partial charge in [0.25, 0.3) is 11.8 Å². The number of amides is 2. The third-order valence-corrected chi connectivity index (χ3v) is 11.3. The van der Waals surface area contributed by atoms with Gasteiger partial charge in [0.15, 0.2) is 5.82 Å². The monoisotopic (exact) mass is 665 g/mol. The molecule has 0 radical (unpaired) electrons. The van der Waals surface area contributed by atoms with E-state index in [9.17, 15) is 19.1 Å². The summed E-state index contributed by atoms with van der Waals surface area (Å²) in [6.07, 6.45) is 8.53. The molecule has 4 heterocycles. The van der Waals surface area contributed by atoms with E-state index in [0.29, 0.717) is 11.7 Å². The number of piperidine rings is 1. The predicted octanol–water partition coefficient (Wildman–Crippen LogP) is 4.80. The van der Waals surface area contributed by atoms with Crippen LogP contribution in [0.4, 0.5) is 10.2 Å². The van der Waals surface area contributed by atoms with Gasteiger partial charge >= 0.3 is 0 Å². The molecule has 1 atom stereocenters. The Labute approximate surface area is 283 Å². The molecule has 2 amide bonds. The summed E-state index contributed by atoms with van der Waals surface area (Å²) < 4.78 is 20.6. The van der Waals surface area contributed by atoms with Gasteiger partial charge in [-0.15, -0.1) is 10.2 Å². The van der Waals surface area contributed by atoms with E-state index in [4.69, 9.17) is 4.74 Å². The predicted molar refractivity (Wildman–Crippen MR) is 180 cm³/mol. The number of aromatic nitrogens is 3. The topological polar surface area (TPSA) is 124 Å². The molecule has 1 aliphatic carbocycles. The van der Waals surface area contributed by atoms with E-state index in [2.05, 4.69) is 30.3 Å². The van der Waals surface area contributed by atoms with Gasteiger partial charge in [-0.25, -0.2) is 9.37 Å². The number of carbonyl (C=O) groups excluding carboxylic acids is 2. The molecule has 48 heavy (non-hydrogen) atoms. The van der Waals surface area contributed by atoms with Crippen molar-refractivity contribution in [3.8, 4) is 11.6 Å². The fourth-order valence-corrected chi connectivity index (χ4v) is 8.61. The highest BCUT2D eigenvalue weighted by Gasteiger charge is 2.51. The molecular weight excluding hydrogens is 613 g/mol. The molecular formula is C36H52FN7O4. The number of benzene rings is 1. The zero-order valence-electron chi connectivity index (χ0n) is 29.3. The summed E-state index contributed by atoms with van der Waals surface area (Å²) in [5, 5.41) is 21.9. The minimum atomic E-state index is -0.987. The van der Waals surface area contributed by atoms with Gasteiger partial charge in [0.1, 0.15) is 17.9 Å². The van der Waals surface area contributed by atoms with Crippen LogP contribution in [-0.2, 0) is 4.79 Å². The van der Waals surface area contributed by atoms with Crippen molar-refractivity contribution in [1.29, 1.82) is 0 Å². The average molecular weight is 666 g/mol. The summed E-state index contributed by atoms with van der Waals surface area (Å²) in [4.78, 5) is 37.1. The van der Waals surface area contributed by atoms with Crippen molar-refractivity contribution in [3.05, 3.63) is 35.9 Å². The Kier molecular flexibility index (Phi) is 9.45. The first kappa shape index (κ1) is 34.5. The van der Waals surface area contributed by atoms with Gasteiger partial charge in [-0.3, -0.25) is 9.59 Å². The van der Waals surface area contributed by atoms with Crippen LogP contribution >= 0.6 is 0 Å². The van der Waals surface area contributed by atoms with Crippen molar-refractivity contribution in [3.63, 3.8) is 0 Å². The first-order valence-electron chi connectivity index (χ1n) is 17.7. The van der Waals surface area contributed by atoms with E-state index in [-0.39, 0.29) is 58.0 Å². The fourth-order valence-electron chi connectivity index (χ4n) is 8.61. The van der Waals surface area contributed by atoms with E-state index >= 15 is 0 Å². The van der Waals surface area contributed by atoms with Crippen molar-refractivity contribution >= 4 is 17.6 Å². The van der Waals surface area contributed by atoms with Crippen LogP contribution in [0.1, 0.15) is 96.8 Å². The standard InChI is InChI=1S/C36H52FN7O4/c1-23(2)44(24(3)4)33(46)27-17-26(37)7-8-29(27)48-32-30(38-22-39-41-32)43-20-35(21-43)13-15-42(16-14-35)19-25-9-11-36(12-10-25)18-28(31(45)40-36)34(5,6)47/h7-8,17,22-25,28,47H,9-16,18-21H2,1-6H3,(H,40,45). The van der Waals surface area contributed by atoms with Crippen LogP contribution in [-0.4, -0.2) is 97.8 Å². The normalized spacial score (nSPS) is 25.9. The zero-order valence-corrected chi connectivity index (χ0v) is 29.3. The third-order valence-electron chi connectivity index (χ3n) is 11.3. The Hall–Kier alpha value is -3.38. The first-order valence-corrected chi connectivity index (χ1v) is 17.7. The van der Waals surface area contributed by atoms with Gasteiger partial charge in [-0.05, 0) is 124 Å². The lowest BCUT2D eigenvalue weighted by molar-refractivity contribution is -0.129. The summed E-state index contributed by atoms with van der Waals surface area (Å²) in [7, 11) is 0. The quantitative estimate of drug-likeness (QED) is 0.389. The van der Waals surface area contributed by atoms with Gasteiger partial charge in [0.2, 0.25) is 5.91 Å². The molecule has 262 valence electrons. The Morgan fingerprint density at radius 1 is 1.12 bits per heavy atom. The van der Waals surface area contributed by atoms with Crippen molar-refractivity contribution in [2.75, 3.05) is 37.6 Å². The molecule has 2 aromatic rings. The molecule has 11 nitrogen and oxygen atoms in total. The van der Waals surface area contributed by atoms with E-state index in [0.717, 1.165) is 77.7 Å². The maximum absolute atomic E-state index is 14.4. The Morgan fingerprint density at radius 3 is 2.40 bits per heavy atom. The molecule has 4 fully saturated rings. The first-order chi connectivity index (χ1) is 22.7. The van der Waals surface area contributed by atoms with Crippen LogP contribution in [0.2, 0.25) is 0 Å². The van der Waals surface area contributed by atoms with Gasteiger partial charge in [-0.2, -0.15) is 0 Å². The van der Waals surface area contributed by atoms with Crippen LogP contribution in [0.25, 0.3) is 0 Å². The van der Waals surface area contributed by atoms with Crippen LogP contribution < -0.4 is 15.0 Å². The van der Waals surface area contributed by atoms with Crippen molar-refractivity contribution < 1.29 is 23.8 Å². The van der Waals surface area contributed by atoms with Gasteiger partial charge < -0.3 is 29.9 Å². The number of halogens is 1. The number of hydrogen-bond donors (Lipinski definition) is 2. The molecule has 3 saturated heterocycles. The number of likely N-dealkylation sites (tertiary alicyclic amines) is 1.